The number of halogens is 1. The zero-order valence-corrected chi connectivity index (χ0v) is 13.3. The van der Waals surface area contributed by atoms with Crippen molar-refractivity contribution in [2.75, 3.05) is 7.11 Å². The molecule has 126 valence electrons. The van der Waals surface area contributed by atoms with E-state index in [9.17, 15) is 14.3 Å². The van der Waals surface area contributed by atoms with Crippen LogP contribution in [0.25, 0.3) is 22.4 Å². The van der Waals surface area contributed by atoms with Gasteiger partial charge in [0.25, 0.3) is 0 Å². The lowest BCUT2D eigenvalue weighted by atomic mass is 9.96. The summed E-state index contributed by atoms with van der Waals surface area (Å²) >= 11 is 0. The summed E-state index contributed by atoms with van der Waals surface area (Å²) in [5.41, 5.74) is 3.06. The molecule has 1 aliphatic heterocycles. The number of aromatic carboxylic acids is 1. The predicted octanol–water partition coefficient (Wildman–Crippen LogP) is 4.09. The summed E-state index contributed by atoms with van der Waals surface area (Å²) in [4.78, 5) is 14.7. The van der Waals surface area contributed by atoms with Crippen molar-refractivity contribution in [3.63, 3.8) is 0 Å². The topological polar surface area (TPSA) is 71.5 Å². The molecule has 1 aromatic heterocycles. The van der Waals surface area contributed by atoms with Crippen LogP contribution in [0.1, 0.15) is 16.1 Å². The van der Waals surface area contributed by atoms with Crippen LogP contribution in [0.3, 0.4) is 0 Å². The third kappa shape index (κ3) is 2.34. The molecule has 5 nitrogen and oxygen atoms in total. The number of hydrogen-bond donors (Lipinski definition) is 2. The summed E-state index contributed by atoms with van der Waals surface area (Å²) in [6.45, 7) is 0.207. The Balaban J connectivity index is 1.96. The van der Waals surface area contributed by atoms with Crippen LogP contribution in [0, 0.1) is 5.82 Å². The third-order valence-corrected chi connectivity index (χ3v) is 4.29. The number of benzene rings is 2. The fraction of sp³-hybridized carbons (Fsp3) is 0.105. The van der Waals surface area contributed by atoms with Gasteiger partial charge < -0.3 is 19.6 Å². The molecule has 2 heterocycles. The molecule has 2 aromatic carbocycles. The van der Waals surface area contributed by atoms with E-state index in [1.54, 1.807) is 6.07 Å². The van der Waals surface area contributed by atoms with Crippen molar-refractivity contribution in [1.29, 1.82) is 0 Å². The van der Waals surface area contributed by atoms with Gasteiger partial charge in [0.1, 0.15) is 18.1 Å². The first-order valence-electron chi connectivity index (χ1n) is 7.64. The number of aromatic amines is 1. The lowest BCUT2D eigenvalue weighted by Crippen LogP contribution is -2.05. The Bertz CT molecular complexity index is 993. The minimum absolute atomic E-state index is 0.00914. The van der Waals surface area contributed by atoms with Gasteiger partial charge in [0, 0.05) is 16.7 Å². The standard InChI is InChI=1S/C19H14FNO4/c1-24-15-7-6-10(8-13(15)20)16-12-9-25-14-5-3-2-4-11(14)17(12)21-18(16)19(22)23/h2-8,21H,9H2,1H3,(H,22,23). The molecule has 0 radical (unpaired) electrons. The minimum Gasteiger partial charge on any atom is -0.494 e. The van der Waals surface area contributed by atoms with Gasteiger partial charge in [-0.15, -0.1) is 0 Å². The second kappa shape index (κ2) is 5.66. The van der Waals surface area contributed by atoms with E-state index in [1.165, 1.54) is 19.2 Å². The van der Waals surface area contributed by atoms with Gasteiger partial charge in [0.2, 0.25) is 0 Å². The molecule has 0 saturated carbocycles. The number of H-pyrrole nitrogens is 1. The van der Waals surface area contributed by atoms with Crippen LogP contribution in [0.4, 0.5) is 4.39 Å². The average Bonchev–Trinajstić information content (AvgIpc) is 3.02. The van der Waals surface area contributed by atoms with E-state index in [0.29, 0.717) is 28.1 Å². The van der Waals surface area contributed by atoms with Crippen LogP contribution in [-0.2, 0) is 6.61 Å². The van der Waals surface area contributed by atoms with E-state index in [4.69, 9.17) is 9.47 Å². The summed E-state index contributed by atoms with van der Waals surface area (Å²) in [7, 11) is 1.38. The summed E-state index contributed by atoms with van der Waals surface area (Å²) in [6, 6.07) is 11.8. The highest BCUT2D eigenvalue weighted by molar-refractivity contribution is 5.99. The second-order valence-corrected chi connectivity index (χ2v) is 5.67. The van der Waals surface area contributed by atoms with Gasteiger partial charge in [-0.1, -0.05) is 18.2 Å². The first-order chi connectivity index (χ1) is 12.1. The number of rotatable bonds is 3. The zero-order chi connectivity index (χ0) is 17.6. The Labute approximate surface area is 142 Å². The van der Waals surface area contributed by atoms with Crippen LogP contribution >= 0.6 is 0 Å². The van der Waals surface area contributed by atoms with Crippen molar-refractivity contribution in [2.45, 2.75) is 6.61 Å². The highest BCUT2D eigenvalue weighted by Gasteiger charge is 2.28. The summed E-state index contributed by atoms with van der Waals surface area (Å²) in [5.74, 6) is -0.881. The molecule has 0 fully saturated rings. The van der Waals surface area contributed by atoms with Crippen molar-refractivity contribution in [1.82, 2.24) is 4.98 Å². The summed E-state index contributed by atoms with van der Waals surface area (Å²) in [6.07, 6.45) is 0. The molecule has 0 saturated heterocycles. The molecule has 0 atom stereocenters. The van der Waals surface area contributed by atoms with Crippen LogP contribution in [-0.4, -0.2) is 23.2 Å². The van der Waals surface area contributed by atoms with Gasteiger partial charge in [-0.3, -0.25) is 0 Å². The summed E-state index contributed by atoms with van der Waals surface area (Å²) in [5, 5.41) is 9.60. The number of carboxylic acids is 1. The minimum atomic E-state index is -1.11. The highest BCUT2D eigenvalue weighted by atomic mass is 19.1. The van der Waals surface area contributed by atoms with Crippen LogP contribution < -0.4 is 9.47 Å². The lowest BCUT2D eigenvalue weighted by molar-refractivity contribution is 0.0692. The molecular weight excluding hydrogens is 325 g/mol. The van der Waals surface area contributed by atoms with Gasteiger partial charge in [-0.05, 0) is 29.8 Å². The molecule has 0 bridgehead atoms. The monoisotopic (exact) mass is 339 g/mol. The number of carbonyl (C=O) groups is 1. The van der Waals surface area contributed by atoms with Gasteiger partial charge in [0.15, 0.2) is 11.6 Å². The van der Waals surface area contributed by atoms with Gasteiger partial charge in [-0.25, -0.2) is 9.18 Å². The highest BCUT2D eigenvalue weighted by Crippen LogP contribution is 2.43. The van der Waals surface area contributed by atoms with Crippen LogP contribution in [0.5, 0.6) is 11.5 Å². The molecule has 0 spiro atoms. The third-order valence-electron chi connectivity index (χ3n) is 4.29. The van der Waals surface area contributed by atoms with E-state index in [0.717, 1.165) is 5.56 Å². The molecular formula is C19H14FNO4. The van der Waals surface area contributed by atoms with Gasteiger partial charge in [-0.2, -0.15) is 0 Å². The van der Waals surface area contributed by atoms with E-state index >= 15 is 0 Å². The number of para-hydroxylation sites is 1. The SMILES string of the molecule is COc1ccc(-c2c(C(=O)O)[nH]c3c2COc2ccccc2-3)cc1F. The van der Waals surface area contributed by atoms with E-state index in [1.807, 2.05) is 24.3 Å². The Morgan fingerprint density at radius 3 is 2.80 bits per heavy atom. The maximum atomic E-state index is 14.1. The zero-order valence-electron chi connectivity index (χ0n) is 13.3. The molecule has 1 aliphatic rings. The fourth-order valence-corrected chi connectivity index (χ4v) is 3.16. The van der Waals surface area contributed by atoms with Crippen LogP contribution in [0.2, 0.25) is 0 Å². The quantitative estimate of drug-likeness (QED) is 0.754. The van der Waals surface area contributed by atoms with Gasteiger partial charge in [0.05, 0.1) is 12.8 Å². The Morgan fingerprint density at radius 1 is 1.28 bits per heavy atom. The van der Waals surface area contributed by atoms with Crippen molar-refractivity contribution < 1.29 is 23.8 Å². The molecule has 25 heavy (non-hydrogen) atoms. The summed E-state index contributed by atoms with van der Waals surface area (Å²) < 4.78 is 24.8. The maximum Gasteiger partial charge on any atom is 0.352 e. The normalized spacial score (nSPS) is 12.1. The number of ether oxygens (including phenoxy) is 2. The number of nitrogens with one attached hydrogen (secondary N) is 1. The van der Waals surface area contributed by atoms with Crippen molar-refractivity contribution in [3.8, 4) is 33.9 Å². The molecule has 0 amide bonds. The second-order valence-electron chi connectivity index (χ2n) is 5.67. The lowest BCUT2D eigenvalue weighted by Gasteiger charge is -2.18. The molecule has 3 aromatic rings. The number of carboxylic acid groups (broad SMARTS) is 1. The Hall–Kier alpha value is -3.28. The number of fused-ring (bicyclic) bond motifs is 3. The average molecular weight is 339 g/mol. The van der Waals surface area contributed by atoms with E-state index in [-0.39, 0.29) is 18.1 Å². The van der Waals surface area contributed by atoms with E-state index < -0.39 is 11.8 Å². The molecule has 0 aliphatic carbocycles. The van der Waals surface area contributed by atoms with Crippen molar-refractivity contribution in [3.05, 3.63) is 59.5 Å². The number of aromatic nitrogens is 1. The largest absolute Gasteiger partial charge is 0.494 e. The first kappa shape index (κ1) is 15.3. The Kier molecular flexibility index (Phi) is 3.46. The molecule has 2 N–H and O–H groups in total. The number of hydrogen-bond acceptors (Lipinski definition) is 3. The van der Waals surface area contributed by atoms with Crippen LogP contribution in [0.15, 0.2) is 42.5 Å². The molecule has 0 unspecified atom stereocenters. The molecule has 6 heteroatoms. The first-order valence-corrected chi connectivity index (χ1v) is 7.64. The molecule has 4 rings (SSSR count). The van der Waals surface area contributed by atoms with Crippen molar-refractivity contribution >= 4 is 5.97 Å². The van der Waals surface area contributed by atoms with Crippen molar-refractivity contribution in [2.24, 2.45) is 0 Å². The maximum absolute atomic E-state index is 14.1. The number of methoxy groups -OCH3 is 1. The predicted molar refractivity (Wildman–Crippen MR) is 89.5 cm³/mol. The fourth-order valence-electron chi connectivity index (χ4n) is 3.16. The Morgan fingerprint density at radius 2 is 2.08 bits per heavy atom. The smallest absolute Gasteiger partial charge is 0.352 e. The van der Waals surface area contributed by atoms with Gasteiger partial charge >= 0.3 is 5.97 Å². The van der Waals surface area contributed by atoms with E-state index in [2.05, 4.69) is 4.98 Å².